The van der Waals surface area contributed by atoms with Crippen LogP contribution in [0.5, 0.6) is 0 Å². The summed E-state index contributed by atoms with van der Waals surface area (Å²) < 4.78 is 12.2. The van der Waals surface area contributed by atoms with E-state index in [1.54, 1.807) is 50.2 Å². The molecule has 0 amide bonds. The predicted octanol–water partition coefficient (Wildman–Crippen LogP) is 4.31. The monoisotopic (exact) mass is 395 g/mol. The van der Waals surface area contributed by atoms with Crippen molar-refractivity contribution in [1.82, 2.24) is 4.57 Å². The molecule has 6 nitrogen and oxygen atoms in total. The molecule has 0 aliphatic carbocycles. The largest absolute Gasteiger partial charge is 0.462 e. The van der Waals surface area contributed by atoms with Gasteiger partial charge in [0.1, 0.15) is 0 Å². The lowest BCUT2D eigenvalue weighted by Gasteiger charge is -2.16. The number of hydrogen-bond acceptors (Lipinski definition) is 5. The number of rotatable bonds is 7. The number of benzene rings is 2. The molecule has 0 saturated heterocycles. The molecule has 0 radical (unpaired) electrons. The van der Waals surface area contributed by atoms with Gasteiger partial charge < -0.3 is 14.0 Å². The molecule has 0 aliphatic rings. The van der Waals surface area contributed by atoms with E-state index in [-0.39, 0.29) is 18.6 Å². The SMILES string of the molecule is CCCCn1c2ccc(C(=O)OCC)cc2c(=O)c2cc(C(=O)OCC)ccc21. The number of aryl methyl sites for hydroxylation is 1. The second-order valence-electron chi connectivity index (χ2n) is 6.74. The molecule has 0 atom stereocenters. The first-order chi connectivity index (χ1) is 14.0. The third-order valence-corrected chi connectivity index (χ3v) is 4.82. The highest BCUT2D eigenvalue weighted by atomic mass is 16.5. The van der Waals surface area contributed by atoms with E-state index < -0.39 is 11.9 Å². The normalized spacial score (nSPS) is 11.0. The van der Waals surface area contributed by atoms with Crippen molar-refractivity contribution in [3.05, 3.63) is 57.7 Å². The standard InChI is InChI=1S/C23H25NO5/c1-4-7-12-24-19-10-8-15(22(26)28-5-2)13-17(19)21(25)18-14-16(9-11-20(18)24)23(27)29-6-3/h8-11,13-14H,4-7,12H2,1-3H3. The van der Waals surface area contributed by atoms with E-state index in [2.05, 4.69) is 11.5 Å². The van der Waals surface area contributed by atoms with Crippen LogP contribution in [0, 0.1) is 0 Å². The maximum absolute atomic E-state index is 13.3. The van der Waals surface area contributed by atoms with E-state index in [1.807, 2.05) is 0 Å². The molecule has 0 N–H and O–H groups in total. The van der Waals surface area contributed by atoms with Crippen LogP contribution in [-0.4, -0.2) is 29.7 Å². The molecule has 1 aromatic heterocycles. The molecule has 152 valence electrons. The number of aromatic nitrogens is 1. The zero-order chi connectivity index (χ0) is 21.0. The molecule has 1 heterocycles. The average molecular weight is 395 g/mol. The third-order valence-electron chi connectivity index (χ3n) is 4.82. The van der Waals surface area contributed by atoms with Gasteiger partial charge in [-0.2, -0.15) is 0 Å². The summed E-state index contributed by atoms with van der Waals surface area (Å²) in [5.41, 5.74) is 1.96. The highest BCUT2D eigenvalue weighted by Gasteiger charge is 2.16. The Morgan fingerprint density at radius 1 is 0.828 bits per heavy atom. The first kappa shape index (κ1) is 20.6. The molecular formula is C23H25NO5. The van der Waals surface area contributed by atoms with Crippen molar-refractivity contribution in [3.63, 3.8) is 0 Å². The second-order valence-corrected chi connectivity index (χ2v) is 6.74. The number of fused-ring (bicyclic) bond motifs is 2. The van der Waals surface area contributed by atoms with E-state index >= 15 is 0 Å². The maximum Gasteiger partial charge on any atom is 0.338 e. The van der Waals surface area contributed by atoms with Crippen molar-refractivity contribution in [2.75, 3.05) is 13.2 Å². The summed E-state index contributed by atoms with van der Waals surface area (Å²) in [6, 6.07) is 10.1. The molecule has 6 heteroatoms. The van der Waals surface area contributed by atoms with Crippen LogP contribution in [-0.2, 0) is 16.0 Å². The fraction of sp³-hybridized carbons (Fsp3) is 0.348. The van der Waals surface area contributed by atoms with Crippen LogP contribution in [0.1, 0.15) is 54.3 Å². The van der Waals surface area contributed by atoms with Crippen molar-refractivity contribution in [1.29, 1.82) is 0 Å². The first-order valence-electron chi connectivity index (χ1n) is 9.96. The van der Waals surface area contributed by atoms with Gasteiger partial charge in [-0.25, -0.2) is 9.59 Å². The first-order valence-corrected chi connectivity index (χ1v) is 9.96. The zero-order valence-electron chi connectivity index (χ0n) is 17.0. The Kier molecular flexibility index (Phi) is 6.32. The van der Waals surface area contributed by atoms with Crippen molar-refractivity contribution < 1.29 is 19.1 Å². The Bertz CT molecular complexity index is 1050. The van der Waals surface area contributed by atoms with Gasteiger partial charge in [0.2, 0.25) is 0 Å². The molecule has 0 spiro atoms. The summed E-state index contributed by atoms with van der Waals surface area (Å²) in [7, 11) is 0. The summed E-state index contributed by atoms with van der Waals surface area (Å²) in [5, 5.41) is 0.861. The van der Waals surface area contributed by atoms with E-state index in [0.29, 0.717) is 21.9 Å². The quantitative estimate of drug-likeness (QED) is 0.440. The molecular weight excluding hydrogens is 370 g/mol. The second kappa shape index (κ2) is 8.90. The number of esters is 2. The smallest absolute Gasteiger partial charge is 0.338 e. The lowest BCUT2D eigenvalue weighted by Crippen LogP contribution is -2.14. The summed E-state index contributed by atoms with van der Waals surface area (Å²) in [6.07, 6.45) is 1.93. The van der Waals surface area contributed by atoms with Crippen molar-refractivity contribution >= 4 is 33.7 Å². The van der Waals surface area contributed by atoms with Crippen LogP contribution >= 0.6 is 0 Å². The van der Waals surface area contributed by atoms with Gasteiger partial charge in [0.25, 0.3) is 0 Å². The number of unbranched alkanes of at least 4 members (excludes halogenated alkanes) is 1. The van der Waals surface area contributed by atoms with Gasteiger partial charge in [0, 0.05) is 17.3 Å². The molecule has 0 fully saturated rings. The van der Waals surface area contributed by atoms with Gasteiger partial charge in [-0.1, -0.05) is 13.3 Å². The van der Waals surface area contributed by atoms with Gasteiger partial charge in [0.05, 0.1) is 35.4 Å². The van der Waals surface area contributed by atoms with E-state index in [0.717, 1.165) is 30.4 Å². The number of carbonyl (C=O) groups is 2. The van der Waals surface area contributed by atoms with E-state index in [9.17, 15) is 14.4 Å². The predicted molar refractivity (Wildman–Crippen MR) is 113 cm³/mol. The Morgan fingerprint density at radius 3 is 1.72 bits per heavy atom. The van der Waals surface area contributed by atoms with Gasteiger partial charge in [-0.3, -0.25) is 4.79 Å². The van der Waals surface area contributed by atoms with Gasteiger partial charge in [0.15, 0.2) is 5.43 Å². The number of nitrogens with zero attached hydrogens (tertiary/aromatic N) is 1. The highest BCUT2D eigenvalue weighted by molar-refractivity contribution is 6.01. The van der Waals surface area contributed by atoms with Gasteiger partial charge >= 0.3 is 11.9 Å². The molecule has 2 aromatic carbocycles. The van der Waals surface area contributed by atoms with Crippen molar-refractivity contribution in [3.8, 4) is 0 Å². The van der Waals surface area contributed by atoms with Crippen LogP contribution in [0.15, 0.2) is 41.2 Å². The minimum absolute atomic E-state index is 0.222. The minimum Gasteiger partial charge on any atom is -0.462 e. The summed E-state index contributed by atoms with van der Waals surface area (Å²) in [6.45, 7) is 6.82. The average Bonchev–Trinajstić information content (AvgIpc) is 2.73. The Labute approximate surface area is 169 Å². The summed E-state index contributed by atoms with van der Waals surface area (Å²) >= 11 is 0. The lowest BCUT2D eigenvalue weighted by molar-refractivity contribution is 0.0517. The number of pyridine rings is 1. The van der Waals surface area contributed by atoms with Crippen molar-refractivity contribution in [2.24, 2.45) is 0 Å². The van der Waals surface area contributed by atoms with Crippen LogP contribution < -0.4 is 5.43 Å². The minimum atomic E-state index is -0.464. The fourth-order valence-electron chi connectivity index (χ4n) is 3.42. The number of hydrogen-bond donors (Lipinski definition) is 0. The fourth-order valence-corrected chi connectivity index (χ4v) is 3.42. The van der Waals surface area contributed by atoms with E-state index in [1.165, 1.54) is 0 Å². The Balaban J connectivity index is 2.29. The van der Waals surface area contributed by atoms with Crippen molar-refractivity contribution in [2.45, 2.75) is 40.2 Å². The highest BCUT2D eigenvalue weighted by Crippen LogP contribution is 2.23. The molecule has 3 aromatic rings. The Hall–Kier alpha value is -3.15. The lowest BCUT2D eigenvalue weighted by atomic mass is 10.0. The van der Waals surface area contributed by atoms with Gasteiger partial charge in [-0.15, -0.1) is 0 Å². The molecule has 0 bridgehead atoms. The summed E-state index contributed by atoms with van der Waals surface area (Å²) in [4.78, 5) is 37.5. The van der Waals surface area contributed by atoms with Crippen LogP contribution in [0.25, 0.3) is 21.8 Å². The molecule has 3 rings (SSSR count). The molecule has 0 unspecified atom stereocenters. The maximum atomic E-state index is 13.3. The number of carbonyl (C=O) groups excluding carboxylic acids is 2. The van der Waals surface area contributed by atoms with Crippen LogP contribution in [0.4, 0.5) is 0 Å². The Morgan fingerprint density at radius 2 is 1.31 bits per heavy atom. The number of ether oxygens (including phenoxy) is 2. The van der Waals surface area contributed by atoms with Crippen LogP contribution in [0.3, 0.4) is 0 Å². The van der Waals surface area contributed by atoms with Crippen LogP contribution in [0.2, 0.25) is 0 Å². The van der Waals surface area contributed by atoms with Gasteiger partial charge in [-0.05, 0) is 56.7 Å². The topological polar surface area (TPSA) is 74.6 Å². The zero-order valence-corrected chi connectivity index (χ0v) is 17.0. The van der Waals surface area contributed by atoms with E-state index in [4.69, 9.17) is 9.47 Å². The molecule has 0 saturated carbocycles. The molecule has 0 aliphatic heterocycles. The third kappa shape index (κ3) is 4.01. The molecule has 29 heavy (non-hydrogen) atoms. The summed E-state index contributed by atoms with van der Waals surface area (Å²) in [5.74, 6) is -0.927.